The van der Waals surface area contributed by atoms with E-state index in [4.69, 9.17) is 4.42 Å². The molecule has 0 fully saturated rings. The van der Waals surface area contributed by atoms with Gasteiger partial charge in [0.1, 0.15) is 11.6 Å². The molecule has 0 saturated heterocycles. The van der Waals surface area contributed by atoms with Gasteiger partial charge in [-0.2, -0.15) is 0 Å². The predicted octanol–water partition coefficient (Wildman–Crippen LogP) is 4.81. The number of hydrogen-bond acceptors (Lipinski definition) is 3. The van der Waals surface area contributed by atoms with Crippen LogP contribution in [0.2, 0.25) is 0 Å². The molecule has 1 aromatic heterocycles. The maximum Gasteiger partial charge on any atom is 0.289 e. The first-order chi connectivity index (χ1) is 13.0. The van der Waals surface area contributed by atoms with Crippen LogP contribution in [-0.2, 0) is 6.54 Å². The van der Waals surface area contributed by atoms with Crippen LogP contribution in [0, 0.1) is 5.82 Å². The van der Waals surface area contributed by atoms with E-state index in [2.05, 4.69) is 0 Å². The zero-order chi connectivity index (χ0) is 19.4. The molecular formula is C22H23FN2O2. The van der Waals surface area contributed by atoms with Gasteiger partial charge in [-0.05, 0) is 48.9 Å². The Labute approximate surface area is 158 Å². The highest BCUT2D eigenvalue weighted by Crippen LogP contribution is 2.25. The molecule has 1 heterocycles. The van der Waals surface area contributed by atoms with Crippen molar-refractivity contribution in [3.8, 4) is 11.3 Å². The second-order valence-corrected chi connectivity index (χ2v) is 6.52. The number of amides is 1. The molecule has 2 aromatic carbocycles. The zero-order valence-corrected chi connectivity index (χ0v) is 15.8. The van der Waals surface area contributed by atoms with Gasteiger partial charge in [0.25, 0.3) is 5.91 Å². The smallest absolute Gasteiger partial charge is 0.289 e. The van der Waals surface area contributed by atoms with Crippen molar-refractivity contribution in [2.24, 2.45) is 0 Å². The van der Waals surface area contributed by atoms with Crippen LogP contribution >= 0.6 is 0 Å². The third-order valence-corrected chi connectivity index (χ3v) is 4.45. The minimum Gasteiger partial charge on any atom is -0.451 e. The average Bonchev–Trinajstić information content (AvgIpc) is 3.16. The van der Waals surface area contributed by atoms with Gasteiger partial charge in [-0.15, -0.1) is 0 Å². The molecule has 140 valence electrons. The van der Waals surface area contributed by atoms with Gasteiger partial charge in [-0.1, -0.05) is 24.3 Å². The lowest BCUT2D eigenvalue weighted by Crippen LogP contribution is -2.30. The molecule has 3 rings (SSSR count). The Morgan fingerprint density at radius 1 is 1.00 bits per heavy atom. The summed E-state index contributed by atoms with van der Waals surface area (Å²) in [6.45, 7) is 2.95. The molecule has 4 nitrogen and oxygen atoms in total. The van der Waals surface area contributed by atoms with Gasteiger partial charge in [-0.3, -0.25) is 4.79 Å². The van der Waals surface area contributed by atoms with E-state index in [9.17, 15) is 9.18 Å². The minimum absolute atomic E-state index is 0.208. The fourth-order valence-corrected chi connectivity index (χ4v) is 2.86. The second kappa shape index (κ2) is 8.08. The van der Waals surface area contributed by atoms with E-state index >= 15 is 0 Å². The molecule has 27 heavy (non-hydrogen) atoms. The average molecular weight is 366 g/mol. The van der Waals surface area contributed by atoms with Crippen LogP contribution in [0.25, 0.3) is 11.3 Å². The van der Waals surface area contributed by atoms with Crippen molar-refractivity contribution in [2.45, 2.75) is 13.5 Å². The summed E-state index contributed by atoms with van der Waals surface area (Å²) in [6, 6.07) is 17.7. The van der Waals surface area contributed by atoms with Crippen molar-refractivity contribution in [3.05, 3.63) is 77.8 Å². The lowest BCUT2D eigenvalue weighted by molar-refractivity contribution is 0.0721. The third-order valence-electron chi connectivity index (χ3n) is 4.45. The van der Waals surface area contributed by atoms with Gasteiger partial charge in [0, 0.05) is 32.9 Å². The van der Waals surface area contributed by atoms with E-state index in [1.165, 1.54) is 6.07 Å². The number of benzene rings is 2. The number of carbonyl (C=O) groups is 1. The lowest BCUT2D eigenvalue weighted by atomic mass is 10.1. The van der Waals surface area contributed by atoms with Crippen LogP contribution < -0.4 is 4.90 Å². The van der Waals surface area contributed by atoms with Crippen LogP contribution in [-0.4, -0.2) is 31.4 Å². The molecule has 0 aliphatic carbocycles. The molecule has 1 amide bonds. The van der Waals surface area contributed by atoms with E-state index in [0.717, 1.165) is 11.3 Å². The molecule has 0 N–H and O–H groups in total. The Kier molecular flexibility index (Phi) is 5.60. The minimum atomic E-state index is -0.376. The maximum absolute atomic E-state index is 13.9. The Hall–Kier alpha value is -3.08. The van der Waals surface area contributed by atoms with Gasteiger partial charge in [-0.25, -0.2) is 4.39 Å². The molecule has 0 bridgehead atoms. The molecule has 0 aliphatic rings. The predicted molar refractivity (Wildman–Crippen MR) is 105 cm³/mol. The highest BCUT2D eigenvalue weighted by atomic mass is 19.1. The normalized spacial score (nSPS) is 10.7. The van der Waals surface area contributed by atoms with Crippen molar-refractivity contribution in [2.75, 3.05) is 25.5 Å². The molecule has 0 saturated carbocycles. The molecule has 0 atom stereocenters. The quantitative estimate of drug-likeness (QED) is 0.628. The summed E-state index contributed by atoms with van der Waals surface area (Å²) in [5, 5.41) is 0. The van der Waals surface area contributed by atoms with Crippen molar-refractivity contribution >= 4 is 11.6 Å². The molecule has 0 aliphatic heterocycles. The summed E-state index contributed by atoms with van der Waals surface area (Å²) in [7, 11) is 3.97. The number of anilines is 1. The Bertz CT molecular complexity index is 916. The summed E-state index contributed by atoms with van der Waals surface area (Å²) in [4.78, 5) is 16.5. The number of nitrogens with zero attached hydrogens (tertiary/aromatic N) is 2. The summed E-state index contributed by atoms with van der Waals surface area (Å²) in [5.41, 5.74) is 2.49. The highest BCUT2D eigenvalue weighted by molar-refractivity contribution is 5.92. The lowest BCUT2D eigenvalue weighted by Gasteiger charge is -2.20. The van der Waals surface area contributed by atoms with Crippen molar-refractivity contribution in [1.29, 1.82) is 0 Å². The number of hydrogen-bond donors (Lipinski definition) is 0. The van der Waals surface area contributed by atoms with Crippen molar-refractivity contribution in [1.82, 2.24) is 4.90 Å². The van der Waals surface area contributed by atoms with E-state index < -0.39 is 0 Å². The van der Waals surface area contributed by atoms with Gasteiger partial charge < -0.3 is 14.2 Å². The largest absolute Gasteiger partial charge is 0.451 e. The van der Waals surface area contributed by atoms with Crippen LogP contribution in [0.1, 0.15) is 23.0 Å². The third kappa shape index (κ3) is 4.19. The van der Waals surface area contributed by atoms with Gasteiger partial charge in [0.05, 0.1) is 5.56 Å². The first-order valence-electron chi connectivity index (χ1n) is 8.90. The standard InChI is InChI=1S/C22H23FN2O2/c1-4-25(15-16-9-11-17(12-10-16)24(2)3)22(26)21-14-13-20(27-21)18-7-5-6-8-19(18)23/h5-14H,4,15H2,1-3H3. The van der Waals surface area contributed by atoms with E-state index in [-0.39, 0.29) is 17.5 Å². The second-order valence-electron chi connectivity index (χ2n) is 6.52. The van der Waals surface area contributed by atoms with Crippen LogP contribution in [0.5, 0.6) is 0 Å². The molecule has 0 spiro atoms. The number of rotatable bonds is 6. The molecule has 0 unspecified atom stereocenters. The number of carbonyl (C=O) groups excluding carboxylic acids is 1. The fraction of sp³-hybridized carbons (Fsp3) is 0.227. The van der Waals surface area contributed by atoms with E-state index in [0.29, 0.717) is 24.4 Å². The first kappa shape index (κ1) is 18.7. The first-order valence-corrected chi connectivity index (χ1v) is 8.90. The topological polar surface area (TPSA) is 36.7 Å². The SMILES string of the molecule is CCN(Cc1ccc(N(C)C)cc1)C(=O)c1ccc(-c2ccccc2F)o1. The Balaban J connectivity index is 1.76. The van der Waals surface area contributed by atoms with Crippen LogP contribution in [0.15, 0.2) is 65.1 Å². The number of halogens is 1. The summed E-state index contributed by atoms with van der Waals surface area (Å²) in [5.74, 6) is -0.0289. The van der Waals surface area contributed by atoms with Gasteiger partial charge >= 0.3 is 0 Å². The molecular weight excluding hydrogens is 343 g/mol. The van der Waals surface area contributed by atoms with Crippen LogP contribution in [0.3, 0.4) is 0 Å². The van der Waals surface area contributed by atoms with Gasteiger partial charge in [0.15, 0.2) is 5.76 Å². The Morgan fingerprint density at radius 2 is 1.70 bits per heavy atom. The number of furan rings is 1. The molecule has 5 heteroatoms. The molecule has 3 aromatic rings. The monoisotopic (exact) mass is 366 g/mol. The van der Waals surface area contributed by atoms with E-state index in [1.54, 1.807) is 35.2 Å². The summed E-state index contributed by atoms with van der Waals surface area (Å²) in [6.07, 6.45) is 0. The van der Waals surface area contributed by atoms with Crippen molar-refractivity contribution in [3.63, 3.8) is 0 Å². The van der Waals surface area contributed by atoms with E-state index in [1.807, 2.05) is 50.2 Å². The highest BCUT2D eigenvalue weighted by Gasteiger charge is 2.19. The zero-order valence-electron chi connectivity index (χ0n) is 15.8. The maximum atomic E-state index is 13.9. The van der Waals surface area contributed by atoms with Crippen molar-refractivity contribution < 1.29 is 13.6 Å². The Morgan fingerprint density at radius 3 is 2.33 bits per heavy atom. The van der Waals surface area contributed by atoms with Gasteiger partial charge in [0.2, 0.25) is 0 Å². The summed E-state index contributed by atoms with van der Waals surface area (Å²) >= 11 is 0. The summed E-state index contributed by atoms with van der Waals surface area (Å²) < 4.78 is 19.6. The fourth-order valence-electron chi connectivity index (χ4n) is 2.86. The molecule has 0 radical (unpaired) electrons. The van der Waals surface area contributed by atoms with Crippen LogP contribution in [0.4, 0.5) is 10.1 Å².